The molecule has 1 aliphatic heterocycles. The molecule has 0 radical (unpaired) electrons. The lowest BCUT2D eigenvalue weighted by Crippen LogP contribution is -2.35. The molecule has 0 unspecified atom stereocenters. The van der Waals surface area contributed by atoms with E-state index in [4.69, 9.17) is 0 Å². The summed E-state index contributed by atoms with van der Waals surface area (Å²) < 4.78 is 1.51. The zero-order valence-electron chi connectivity index (χ0n) is 11.0. The van der Waals surface area contributed by atoms with Crippen molar-refractivity contribution in [2.24, 2.45) is 0 Å². The highest BCUT2D eigenvalue weighted by Crippen LogP contribution is 2.23. The first-order valence-corrected chi connectivity index (χ1v) is 6.66. The Morgan fingerprint density at radius 2 is 2.15 bits per heavy atom. The zero-order chi connectivity index (χ0) is 14.1. The molecule has 0 spiro atoms. The summed E-state index contributed by atoms with van der Waals surface area (Å²) >= 11 is 0. The van der Waals surface area contributed by atoms with Gasteiger partial charge in [-0.05, 0) is 23.8 Å². The molecule has 7 heteroatoms. The van der Waals surface area contributed by atoms with Crippen molar-refractivity contribution in [3.8, 4) is 0 Å². The molecule has 106 valence electrons. The number of piperidine rings is 1. The molecule has 7 nitrogen and oxygen atoms in total. The first-order valence-electron chi connectivity index (χ1n) is 6.66. The van der Waals surface area contributed by atoms with Gasteiger partial charge in [0.1, 0.15) is 0 Å². The second-order valence-electron chi connectivity index (χ2n) is 5.08. The van der Waals surface area contributed by atoms with Gasteiger partial charge in [-0.15, -0.1) is 0 Å². The summed E-state index contributed by atoms with van der Waals surface area (Å²) in [7, 11) is 0. The molecule has 2 aromatic rings. The van der Waals surface area contributed by atoms with Crippen LogP contribution in [0.15, 0.2) is 24.4 Å². The molecule has 1 N–H and O–H groups in total. The second-order valence-corrected chi connectivity index (χ2v) is 5.08. The highest BCUT2D eigenvalue weighted by molar-refractivity contribution is 5.48. The number of fused-ring (bicyclic) bond motifs is 1. The largest absolute Gasteiger partial charge is 0.393 e. The number of aliphatic hydroxyl groups is 1. The maximum Gasteiger partial charge on any atom is 0.352 e. The van der Waals surface area contributed by atoms with Crippen molar-refractivity contribution in [3.63, 3.8) is 0 Å². The van der Waals surface area contributed by atoms with Gasteiger partial charge in [0, 0.05) is 25.7 Å². The Morgan fingerprint density at radius 1 is 1.40 bits per heavy atom. The van der Waals surface area contributed by atoms with Crippen LogP contribution in [0.1, 0.15) is 18.5 Å². The molecule has 1 fully saturated rings. The number of imidazole rings is 1. The van der Waals surface area contributed by atoms with E-state index in [0.29, 0.717) is 30.7 Å². The van der Waals surface area contributed by atoms with Crippen LogP contribution in [0.2, 0.25) is 0 Å². The van der Waals surface area contributed by atoms with E-state index in [2.05, 4.69) is 9.88 Å². The van der Waals surface area contributed by atoms with Crippen LogP contribution in [0, 0.1) is 10.1 Å². The summed E-state index contributed by atoms with van der Waals surface area (Å²) in [4.78, 5) is 17.4. The summed E-state index contributed by atoms with van der Waals surface area (Å²) in [5, 5.41) is 20.8. The molecule has 0 amide bonds. The SMILES string of the molecule is O=[N+]([O-])c1c(CN2CCC(O)CC2)nc2ccccn12. The Labute approximate surface area is 115 Å². The van der Waals surface area contributed by atoms with Crippen molar-refractivity contribution in [3.05, 3.63) is 40.2 Å². The minimum atomic E-state index is -0.381. The van der Waals surface area contributed by atoms with E-state index in [1.807, 2.05) is 6.07 Å². The quantitative estimate of drug-likeness (QED) is 0.672. The lowest BCUT2D eigenvalue weighted by atomic mass is 10.1. The number of likely N-dealkylation sites (tertiary alicyclic amines) is 1. The number of hydrogen-bond donors (Lipinski definition) is 1. The van der Waals surface area contributed by atoms with Gasteiger partial charge < -0.3 is 15.2 Å². The summed E-state index contributed by atoms with van der Waals surface area (Å²) in [6.45, 7) is 1.93. The molecule has 2 aromatic heterocycles. The molecule has 20 heavy (non-hydrogen) atoms. The number of pyridine rings is 1. The monoisotopic (exact) mass is 276 g/mol. The molecule has 0 bridgehead atoms. The predicted octanol–water partition coefficient (Wildman–Crippen LogP) is 1.20. The topological polar surface area (TPSA) is 83.9 Å². The summed E-state index contributed by atoms with van der Waals surface area (Å²) in [6.07, 6.45) is 2.83. The Hall–Kier alpha value is -1.99. The van der Waals surface area contributed by atoms with Crippen molar-refractivity contribution in [1.82, 2.24) is 14.3 Å². The summed E-state index contributed by atoms with van der Waals surface area (Å²) in [5.41, 5.74) is 1.07. The van der Waals surface area contributed by atoms with Crippen LogP contribution in [-0.2, 0) is 6.54 Å². The smallest absolute Gasteiger partial charge is 0.352 e. The summed E-state index contributed by atoms with van der Waals surface area (Å²) in [5.74, 6) is 0.0340. The third-order valence-corrected chi connectivity index (χ3v) is 3.68. The maximum atomic E-state index is 11.3. The van der Waals surface area contributed by atoms with E-state index in [0.717, 1.165) is 13.1 Å². The van der Waals surface area contributed by atoms with Gasteiger partial charge in [0.05, 0.1) is 12.3 Å². The van der Waals surface area contributed by atoms with E-state index >= 15 is 0 Å². The van der Waals surface area contributed by atoms with Gasteiger partial charge in [0.25, 0.3) is 0 Å². The highest BCUT2D eigenvalue weighted by atomic mass is 16.6. The number of nitro groups is 1. The van der Waals surface area contributed by atoms with Crippen LogP contribution in [0.5, 0.6) is 0 Å². The molecule has 3 rings (SSSR count). The average molecular weight is 276 g/mol. The number of nitrogens with zero attached hydrogens (tertiary/aromatic N) is 4. The van der Waals surface area contributed by atoms with E-state index in [9.17, 15) is 15.2 Å². The molecule has 0 aromatic carbocycles. The van der Waals surface area contributed by atoms with Crippen LogP contribution in [0.25, 0.3) is 5.65 Å². The van der Waals surface area contributed by atoms with Gasteiger partial charge in [0.15, 0.2) is 5.69 Å². The highest BCUT2D eigenvalue weighted by Gasteiger charge is 2.25. The number of rotatable bonds is 3. The summed E-state index contributed by atoms with van der Waals surface area (Å²) in [6, 6.07) is 5.33. The molecular formula is C13H16N4O3. The van der Waals surface area contributed by atoms with Crippen molar-refractivity contribution in [2.75, 3.05) is 13.1 Å². The minimum Gasteiger partial charge on any atom is -0.393 e. The first-order chi connectivity index (χ1) is 9.65. The van der Waals surface area contributed by atoms with E-state index in [1.54, 1.807) is 18.3 Å². The van der Waals surface area contributed by atoms with E-state index in [-0.39, 0.29) is 16.8 Å². The van der Waals surface area contributed by atoms with Gasteiger partial charge in [-0.25, -0.2) is 4.98 Å². The van der Waals surface area contributed by atoms with Crippen LogP contribution in [-0.4, -0.2) is 43.5 Å². The first kappa shape index (κ1) is 13.0. The fourth-order valence-corrected chi connectivity index (χ4v) is 2.62. The van der Waals surface area contributed by atoms with Gasteiger partial charge in [0.2, 0.25) is 5.65 Å². The normalized spacial score (nSPS) is 17.6. The Balaban J connectivity index is 1.90. The Bertz CT molecular complexity index is 632. The Kier molecular flexibility index (Phi) is 3.37. The maximum absolute atomic E-state index is 11.3. The van der Waals surface area contributed by atoms with Crippen molar-refractivity contribution in [1.29, 1.82) is 0 Å². The fraction of sp³-hybridized carbons (Fsp3) is 0.462. The molecule has 0 saturated carbocycles. The Morgan fingerprint density at radius 3 is 2.85 bits per heavy atom. The standard InChI is InChI=1S/C13H16N4O3/c18-10-4-7-15(8-5-10)9-11-13(17(19)20)16-6-2-1-3-12(16)14-11/h1-3,6,10,18H,4-5,7-9H2. The molecule has 0 atom stereocenters. The predicted molar refractivity (Wildman–Crippen MR) is 72.4 cm³/mol. The second kappa shape index (κ2) is 5.18. The number of aliphatic hydroxyl groups excluding tert-OH is 1. The van der Waals surface area contributed by atoms with E-state index in [1.165, 1.54) is 4.40 Å². The van der Waals surface area contributed by atoms with Crippen LogP contribution < -0.4 is 0 Å². The van der Waals surface area contributed by atoms with Gasteiger partial charge in [-0.1, -0.05) is 6.07 Å². The number of hydrogen-bond acceptors (Lipinski definition) is 5. The van der Waals surface area contributed by atoms with Gasteiger partial charge in [-0.2, -0.15) is 4.40 Å². The van der Waals surface area contributed by atoms with Crippen LogP contribution >= 0.6 is 0 Å². The molecular weight excluding hydrogens is 260 g/mol. The third kappa shape index (κ3) is 2.37. The van der Waals surface area contributed by atoms with E-state index < -0.39 is 0 Å². The zero-order valence-corrected chi connectivity index (χ0v) is 11.0. The minimum absolute atomic E-state index is 0.0340. The number of aromatic nitrogens is 2. The third-order valence-electron chi connectivity index (χ3n) is 3.68. The molecule has 1 saturated heterocycles. The van der Waals surface area contributed by atoms with Crippen LogP contribution in [0.3, 0.4) is 0 Å². The van der Waals surface area contributed by atoms with Crippen molar-refractivity contribution >= 4 is 11.5 Å². The lowest BCUT2D eigenvalue weighted by molar-refractivity contribution is -0.391. The lowest BCUT2D eigenvalue weighted by Gasteiger charge is -2.28. The molecule has 1 aliphatic rings. The average Bonchev–Trinajstić information content (AvgIpc) is 2.79. The van der Waals surface area contributed by atoms with Crippen molar-refractivity contribution in [2.45, 2.75) is 25.5 Å². The van der Waals surface area contributed by atoms with Crippen LogP contribution in [0.4, 0.5) is 5.82 Å². The molecule has 0 aliphatic carbocycles. The van der Waals surface area contributed by atoms with Gasteiger partial charge in [-0.3, -0.25) is 4.90 Å². The molecule has 3 heterocycles. The van der Waals surface area contributed by atoms with Gasteiger partial charge >= 0.3 is 5.82 Å². The fourth-order valence-electron chi connectivity index (χ4n) is 2.62. The van der Waals surface area contributed by atoms with Crippen molar-refractivity contribution < 1.29 is 10.0 Å².